The van der Waals surface area contributed by atoms with Crippen molar-refractivity contribution in [3.05, 3.63) is 0 Å². The van der Waals surface area contributed by atoms with Crippen molar-refractivity contribution in [2.24, 2.45) is 34.5 Å². The van der Waals surface area contributed by atoms with Crippen molar-refractivity contribution in [1.29, 1.82) is 0 Å². The molecular formula is C18H30O. The quantitative estimate of drug-likeness (QED) is 0.695. The molecule has 2 unspecified atom stereocenters. The molecule has 3 aliphatic carbocycles. The first kappa shape index (κ1) is 13.6. The smallest absolute Gasteiger partial charge is 0.136 e. The number of rotatable bonds is 2. The third-order valence-electron chi connectivity index (χ3n) is 7.72. The first-order chi connectivity index (χ1) is 8.90. The molecule has 3 saturated carbocycles. The Morgan fingerprint density at radius 1 is 1.16 bits per heavy atom. The molecular weight excluding hydrogens is 232 g/mol. The van der Waals surface area contributed by atoms with Gasteiger partial charge in [-0.15, -0.1) is 0 Å². The summed E-state index contributed by atoms with van der Waals surface area (Å²) in [6.45, 7) is 9.72. The van der Waals surface area contributed by atoms with Crippen molar-refractivity contribution in [1.82, 2.24) is 0 Å². The summed E-state index contributed by atoms with van der Waals surface area (Å²) < 4.78 is 0. The molecule has 3 rings (SSSR count). The van der Waals surface area contributed by atoms with E-state index in [0.717, 1.165) is 24.7 Å². The zero-order valence-electron chi connectivity index (χ0n) is 13.2. The molecule has 19 heavy (non-hydrogen) atoms. The van der Waals surface area contributed by atoms with Gasteiger partial charge in [0.15, 0.2) is 0 Å². The Morgan fingerprint density at radius 3 is 2.42 bits per heavy atom. The molecule has 2 bridgehead atoms. The van der Waals surface area contributed by atoms with Crippen LogP contribution in [0.5, 0.6) is 0 Å². The number of carbonyl (C=O) groups excluding carboxylic acids is 1. The SMILES string of the molecule is CCC1CCC(=O)C([C@H]2C[C@@H]3CC[C@@]2(C)C3(C)C)C1. The molecule has 0 aromatic carbocycles. The van der Waals surface area contributed by atoms with Crippen LogP contribution < -0.4 is 0 Å². The lowest BCUT2D eigenvalue weighted by Gasteiger charge is -2.44. The van der Waals surface area contributed by atoms with Crippen molar-refractivity contribution < 1.29 is 4.79 Å². The van der Waals surface area contributed by atoms with E-state index in [4.69, 9.17) is 0 Å². The summed E-state index contributed by atoms with van der Waals surface area (Å²) in [7, 11) is 0. The first-order valence-electron chi connectivity index (χ1n) is 8.43. The summed E-state index contributed by atoms with van der Waals surface area (Å²) in [5, 5.41) is 0. The zero-order valence-corrected chi connectivity index (χ0v) is 13.2. The minimum atomic E-state index is 0.397. The highest BCUT2D eigenvalue weighted by Gasteiger charge is 2.63. The monoisotopic (exact) mass is 262 g/mol. The number of hydrogen-bond donors (Lipinski definition) is 0. The van der Waals surface area contributed by atoms with Gasteiger partial charge in [0.2, 0.25) is 0 Å². The second kappa shape index (κ2) is 4.33. The van der Waals surface area contributed by atoms with Crippen molar-refractivity contribution in [3.63, 3.8) is 0 Å². The molecule has 3 fully saturated rings. The second-order valence-corrected chi connectivity index (χ2v) is 8.34. The van der Waals surface area contributed by atoms with E-state index in [1.54, 1.807) is 0 Å². The Labute approximate surface area is 118 Å². The number of carbonyl (C=O) groups is 1. The van der Waals surface area contributed by atoms with E-state index in [2.05, 4.69) is 27.7 Å². The molecule has 0 amide bonds. The molecule has 1 heteroatoms. The predicted octanol–water partition coefficient (Wildman–Crippen LogP) is 4.84. The van der Waals surface area contributed by atoms with Crippen LogP contribution in [0.1, 0.15) is 72.6 Å². The minimum Gasteiger partial charge on any atom is -0.299 e. The van der Waals surface area contributed by atoms with Crippen LogP contribution in [-0.4, -0.2) is 5.78 Å². The molecule has 0 aromatic heterocycles. The van der Waals surface area contributed by atoms with E-state index in [1.165, 1.54) is 32.1 Å². The maximum atomic E-state index is 12.5. The van der Waals surface area contributed by atoms with Gasteiger partial charge in [0.25, 0.3) is 0 Å². The molecule has 5 atom stereocenters. The van der Waals surface area contributed by atoms with Crippen molar-refractivity contribution >= 4 is 5.78 Å². The highest BCUT2D eigenvalue weighted by atomic mass is 16.1. The molecule has 0 radical (unpaired) electrons. The predicted molar refractivity (Wildman–Crippen MR) is 78.8 cm³/mol. The molecule has 0 aromatic rings. The van der Waals surface area contributed by atoms with Gasteiger partial charge in [0.05, 0.1) is 0 Å². The third-order valence-corrected chi connectivity index (χ3v) is 7.72. The summed E-state index contributed by atoms with van der Waals surface area (Å²) in [5.41, 5.74) is 0.880. The summed E-state index contributed by atoms with van der Waals surface area (Å²) >= 11 is 0. The van der Waals surface area contributed by atoms with Crippen LogP contribution in [0.4, 0.5) is 0 Å². The minimum absolute atomic E-state index is 0.397. The molecule has 0 saturated heterocycles. The highest BCUT2D eigenvalue weighted by Crippen LogP contribution is 2.70. The van der Waals surface area contributed by atoms with E-state index in [1.807, 2.05) is 0 Å². The topological polar surface area (TPSA) is 17.1 Å². The molecule has 0 heterocycles. The van der Waals surface area contributed by atoms with E-state index < -0.39 is 0 Å². The fraction of sp³-hybridized carbons (Fsp3) is 0.944. The Morgan fingerprint density at radius 2 is 1.89 bits per heavy atom. The van der Waals surface area contributed by atoms with E-state index in [-0.39, 0.29) is 0 Å². The van der Waals surface area contributed by atoms with Crippen molar-refractivity contribution in [2.45, 2.75) is 72.6 Å². The van der Waals surface area contributed by atoms with Gasteiger partial charge in [0.1, 0.15) is 5.78 Å². The average molecular weight is 262 g/mol. The number of hydrogen-bond acceptors (Lipinski definition) is 1. The number of Topliss-reactive ketones (excluding diaryl/α,β-unsaturated/α-hetero) is 1. The summed E-state index contributed by atoms with van der Waals surface area (Å²) in [6.07, 6.45) is 8.56. The number of fused-ring (bicyclic) bond motifs is 2. The van der Waals surface area contributed by atoms with Gasteiger partial charge in [-0.1, -0.05) is 34.1 Å². The standard InChI is InChI=1S/C18H30O/c1-5-12-6-7-16(19)14(10-12)15-11-13-8-9-18(15,4)17(13,2)3/h12-15H,5-11H2,1-4H3/t12?,13-,14?,15+,18+/m0/s1. The lowest BCUT2D eigenvalue weighted by atomic mass is 9.60. The van der Waals surface area contributed by atoms with Gasteiger partial charge in [-0.3, -0.25) is 4.79 Å². The fourth-order valence-corrected chi connectivity index (χ4v) is 5.77. The van der Waals surface area contributed by atoms with Gasteiger partial charge in [-0.05, 0) is 60.7 Å². The zero-order chi connectivity index (χ0) is 13.8. The van der Waals surface area contributed by atoms with E-state index in [9.17, 15) is 4.79 Å². The van der Waals surface area contributed by atoms with Crippen LogP contribution >= 0.6 is 0 Å². The Balaban J connectivity index is 1.85. The average Bonchev–Trinajstić information content (AvgIpc) is 2.72. The molecule has 108 valence electrons. The largest absolute Gasteiger partial charge is 0.299 e. The molecule has 1 nitrogen and oxygen atoms in total. The Bertz CT molecular complexity index is 383. The number of ketones is 1. The van der Waals surface area contributed by atoms with Crippen LogP contribution in [0.25, 0.3) is 0 Å². The van der Waals surface area contributed by atoms with Crippen LogP contribution in [-0.2, 0) is 4.79 Å². The van der Waals surface area contributed by atoms with Gasteiger partial charge >= 0.3 is 0 Å². The molecule has 3 aliphatic rings. The van der Waals surface area contributed by atoms with Gasteiger partial charge < -0.3 is 0 Å². The molecule has 0 aliphatic heterocycles. The lowest BCUT2D eigenvalue weighted by Crippen LogP contribution is -2.40. The lowest BCUT2D eigenvalue weighted by molar-refractivity contribution is -0.130. The van der Waals surface area contributed by atoms with Gasteiger partial charge in [-0.2, -0.15) is 0 Å². The normalized spacial score (nSPS) is 48.7. The second-order valence-electron chi connectivity index (χ2n) is 8.34. The molecule has 0 spiro atoms. The Hall–Kier alpha value is -0.330. The Kier molecular flexibility index (Phi) is 3.11. The first-order valence-corrected chi connectivity index (χ1v) is 8.43. The summed E-state index contributed by atoms with van der Waals surface area (Å²) in [6, 6.07) is 0. The van der Waals surface area contributed by atoms with Crippen LogP contribution in [0, 0.1) is 34.5 Å². The third kappa shape index (κ3) is 1.76. The van der Waals surface area contributed by atoms with Crippen LogP contribution in [0.2, 0.25) is 0 Å². The van der Waals surface area contributed by atoms with E-state index in [0.29, 0.717) is 28.4 Å². The van der Waals surface area contributed by atoms with Crippen LogP contribution in [0.15, 0.2) is 0 Å². The maximum Gasteiger partial charge on any atom is 0.136 e. The summed E-state index contributed by atoms with van der Waals surface area (Å²) in [4.78, 5) is 12.5. The van der Waals surface area contributed by atoms with Crippen molar-refractivity contribution in [3.8, 4) is 0 Å². The van der Waals surface area contributed by atoms with Crippen molar-refractivity contribution in [2.75, 3.05) is 0 Å². The maximum absolute atomic E-state index is 12.5. The highest BCUT2D eigenvalue weighted by molar-refractivity contribution is 5.82. The van der Waals surface area contributed by atoms with Crippen LogP contribution in [0.3, 0.4) is 0 Å². The summed E-state index contributed by atoms with van der Waals surface area (Å²) in [5.74, 6) is 3.36. The molecule has 0 N–H and O–H groups in total. The van der Waals surface area contributed by atoms with E-state index >= 15 is 0 Å². The fourth-order valence-electron chi connectivity index (χ4n) is 5.77. The van der Waals surface area contributed by atoms with Gasteiger partial charge in [-0.25, -0.2) is 0 Å². The van der Waals surface area contributed by atoms with Gasteiger partial charge in [0, 0.05) is 12.3 Å².